The van der Waals surface area contributed by atoms with Crippen LogP contribution in [0.5, 0.6) is 0 Å². The Balaban J connectivity index is 1.05. The van der Waals surface area contributed by atoms with Crippen LogP contribution in [0.2, 0.25) is 0 Å². The molecule has 8 rings (SSSR count). The van der Waals surface area contributed by atoms with Gasteiger partial charge in [-0.15, -0.1) is 0 Å². The van der Waals surface area contributed by atoms with Crippen molar-refractivity contribution in [3.8, 4) is 0 Å². The van der Waals surface area contributed by atoms with Crippen molar-refractivity contribution in [3.63, 3.8) is 0 Å². The molecule has 28 atom stereocenters. The highest BCUT2D eigenvalue weighted by atomic mass is 16.8. The first-order valence-electron chi connectivity index (χ1n) is 27.2. The molecule has 4 aliphatic carbocycles. The molecule has 0 aromatic carbocycles. The molecule has 0 amide bonds. The second-order valence-electron chi connectivity index (χ2n) is 25.5. The van der Waals surface area contributed by atoms with Gasteiger partial charge < -0.3 is 109 Å². The Hall–Kier alpha value is -1.47. The molecule has 0 bridgehead atoms. The molecular weight excluding hydrogens is 1000 g/mol. The number of carbonyl (C=O) groups excluding carboxylic acids is 1. The number of carbonyl (C=O) groups is 1. The Morgan fingerprint density at radius 1 is 0.645 bits per heavy atom. The molecule has 76 heavy (non-hydrogen) atoms. The van der Waals surface area contributed by atoms with Crippen LogP contribution in [0.1, 0.15) is 107 Å². The Labute approximate surface area is 443 Å². The molecule has 4 saturated carbocycles. The fourth-order valence-corrected chi connectivity index (χ4v) is 15.7. The highest BCUT2D eigenvalue weighted by molar-refractivity contribution is 5.86. The minimum absolute atomic E-state index is 0.0197. The molecule has 8 fully saturated rings. The number of hydrogen-bond donors (Lipinski definition) is 14. The van der Waals surface area contributed by atoms with Crippen molar-refractivity contribution >= 4 is 5.78 Å². The van der Waals surface area contributed by atoms with Gasteiger partial charge in [-0.05, 0) is 107 Å². The summed E-state index contributed by atoms with van der Waals surface area (Å²) >= 11 is 0. The average molecular weight is 1090 g/mol. The van der Waals surface area contributed by atoms with Gasteiger partial charge in [-0.1, -0.05) is 39.8 Å². The van der Waals surface area contributed by atoms with Crippen LogP contribution in [0.25, 0.3) is 0 Å². The molecule has 4 aliphatic heterocycles. The third-order valence-corrected chi connectivity index (χ3v) is 19.9. The fourth-order valence-electron chi connectivity index (χ4n) is 15.7. The van der Waals surface area contributed by atoms with E-state index in [4.69, 9.17) is 37.9 Å². The van der Waals surface area contributed by atoms with Gasteiger partial charge in [0.05, 0.1) is 49.8 Å². The van der Waals surface area contributed by atoms with Crippen LogP contribution in [0.3, 0.4) is 0 Å². The summed E-state index contributed by atoms with van der Waals surface area (Å²) in [6, 6.07) is 0. The van der Waals surface area contributed by atoms with E-state index in [-0.39, 0.29) is 43.7 Å². The summed E-state index contributed by atoms with van der Waals surface area (Å²) in [5.41, 5.74) is -5.25. The minimum Gasteiger partial charge on any atom is -0.394 e. The Kier molecular flexibility index (Phi) is 17.8. The van der Waals surface area contributed by atoms with Gasteiger partial charge in [0, 0.05) is 17.8 Å². The fraction of sp³-hybridized carbons (Fsp3) is 0.943. The van der Waals surface area contributed by atoms with Crippen LogP contribution >= 0.6 is 0 Å². The normalized spacial score (nSPS) is 51.7. The molecule has 23 nitrogen and oxygen atoms in total. The largest absolute Gasteiger partial charge is 0.394 e. The highest BCUT2D eigenvalue weighted by Crippen LogP contribution is 2.76. The Bertz CT molecular complexity index is 2020. The first-order valence-corrected chi connectivity index (χ1v) is 27.2. The van der Waals surface area contributed by atoms with E-state index in [0.29, 0.717) is 38.5 Å². The first-order chi connectivity index (χ1) is 35.4. The topological polar surface area (TPSA) is 374 Å². The molecule has 23 heteroatoms. The van der Waals surface area contributed by atoms with Crippen molar-refractivity contribution in [3.05, 3.63) is 12.2 Å². The van der Waals surface area contributed by atoms with Gasteiger partial charge in [0.25, 0.3) is 0 Å². The smallest absolute Gasteiger partial charge is 0.187 e. The predicted molar refractivity (Wildman–Crippen MR) is 261 cm³/mol. The third kappa shape index (κ3) is 10.7. The molecule has 438 valence electrons. The van der Waals surface area contributed by atoms with Crippen LogP contribution in [-0.4, -0.2) is 238 Å². The number of hydrogen-bond acceptors (Lipinski definition) is 23. The number of Topliss-reactive ketones (excluding diaryl/α,β-unsaturated/α-hetero) is 1. The van der Waals surface area contributed by atoms with Gasteiger partial charge in [-0.2, -0.15) is 0 Å². The van der Waals surface area contributed by atoms with E-state index in [0.717, 1.165) is 0 Å². The van der Waals surface area contributed by atoms with Gasteiger partial charge >= 0.3 is 0 Å². The van der Waals surface area contributed by atoms with Gasteiger partial charge in [-0.25, -0.2) is 0 Å². The lowest BCUT2D eigenvalue weighted by atomic mass is 9.35. The van der Waals surface area contributed by atoms with Crippen molar-refractivity contribution in [2.24, 2.45) is 45.3 Å². The molecule has 14 N–H and O–H groups in total. The molecule has 0 spiro atoms. The standard InChI is InChI=1S/C53H88O23/c1-23-33(58)39(64)43(75-45-41(66)38(63)36(61)28(20-55)73-45)47(71-23)76-42-34(59)26(57)21-69-46(42)74-31-13-16-50(6)29(49(31,4)5)12-17-51(7)30(50)11-10-24-32(52(8,68)15-9-14-48(2,3)67)25(56)18-53(24,51)22-70-44-40(65)37(62)35(60)27(19-54)72-44/h9,14,23-24,26-47,54-55,57-68H,10-13,15-22H2,1-8H3/b14-9+. The van der Waals surface area contributed by atoms with E-state index >= 15 is 0 Å². The third-order valence-electron chi connectivity index (χ3n) is 19.9. The molecule has 4 saturated heterocycles. The second kappa shape index (κ2) is 22.4. The van der Waals surface area contributed by atoms with Crippen LogP contribution in [0.4, 0.5) is 0 Å². The summed E-state index contributed by atoms with van der Waals surface area (Å²) in [5, 5.41) is 151. The average Bonchev–Trinajstić information content (AvgIpc) is 3.68. The quantitative estimate of drug-likeness (QED) is 0.0601. The maximum Gasteiger partial charge on any atom is 0.187 e. The van der Waals surface area contributed by atoms with Gasteiger partial charge in [0.2, 0.25) is 0 Å². The number of aliphatic hydroxyl groups is 14. The zero-order chi connectivity index (χ0) is 56.0. The van der Waals surface area contributed by atoms with E-state index in [1.165, 1.54) is 6.92 Å². The number of ether oxygens (including phenoxy) is 8. The van der Waals surface area contributed by atoms with Crippen molar-refractivity contribution in [2.45, 2.75) is 241 Å². The SMILES string of the molecule is CC1OC(OC2C(OC3CCC4(C)C(CCC5(C)C4CCC4C(C(C)(O)C/C=C/C(C)(C)O)C(=O)CC45COC4OC(CO)C(O)C(O)C4O)C3(C)C)OCC(O)C2O)C(OC2OC(CO)C(O)C(O)C2O)C(O)C1O. The molecule has 0 aromatic heterocycles. The van der Waals surface area contributed by atoms with E-state index in [1.54, 1.807) is 32.9 Å². The van der Waals surface area contributed by atoms with Crippen molar-refractivity contribution in [1.29, 1.82) is 0 Å². The molecule has 0 radical (unpaired) electrons. The number of aliphatic hydroxyl groups excluding tert-OH is 12. The monoisotopic (exact) mass is 1090 g/mol. The zero-order valence-electron chi connectivity index (χ0n) is 44.9. The maximum absolute atomic E-state index is 14.8. The molecule has 0 aromatic rings. The van der Waals surface area contributed by atoms with Crippen molar-refractivity contribution < 1.29 is 114 Å². The van der Waals surface area contributed by atoms with Gasteiger partial charge in [0.15, 0.2) is 25.2 Å². The highest BCUT2D eigenvalue weighted by Gasteiger charge is 2.73. The summed E-state index contributed by atoms with van der Waals surface area (Å²) in [5.74, 6) is -1.43. The van der Waals surface area contributed by atoms with Gasteiger partial charge in [0.1, 0.15) is 91.2 Å². The maximum atomic E-state index is 14.8. The first kappa shape index (κ1) is 60.6. The summed E-state index contributed by atoms with van der Waals surface area (Å²) in [6.45, 7) is 13.1. The van der Waals surface area contributed by atoms with E-state index < -0.39 is 181 Å². The zero-order valence-corrected chi connectivity index (χ0v) is 44.9. The Morgan fingerprint density at radius 2 is 1.24 bits per heavy atom. The summed E-state index contributed by atoms with van der Waals surface area (Å²) < 4.78 is 49.1. The molecular formula is C53H88O23. The second-order valence-corrected chi connectivity index (χ2v) is 25.5. The lowest BCUT2D eigenvalue weighted by Gasteiger charge is -2.70. The molecule has 4 heterocycles. The van der Waals surface area contributed by atoms with Crippen molar-refractivity contribution in [2.75, 3.05) is 26.4 Å². The van der Waals surface area contributed by atoms with Crippen LogP contribution < -0.4 is 0 Å². The molecule has 8 aliphatic rings. The van der Waals surface area contributed by atoms with Gasteiger partial charge in [-0.3, -0.25) is 4.79 Å². The number of rotatable bonds is 15. The van der Waals surface area contributed by atoms with E-state index in [9.17, 15) is 76.3 Å². The predicted octanol–water partition coefficient (Wildman–Crippen LogP) is -2.38. The van der Waals surface area contributed by atoms with E-state index in [1.807, 2.05) is 0 Å². The van der Waals surface area contributed by atoms with Crippen LogP contribution in [0.15, 0.2) is 12.2 Å². The summed E-state index contributed by atoms with van der Waals surface area (Å²) in [4.78, 5) is 14.8. The van der Waals surface area contributed by atoms with Crippen LogP contribution in [-0.2, 0) is 42.7 Å². The lowest BCUT2D eigenvalue weighted by Crippen LogP contribution is -2.67. The number of fused-ring (bicyclic) bond motifs is 5. The minimum atomic E-state index is -1.89. The number of ketones is 1. The Morgan fingerprint density at radius 3 is 1.86 bits per heavy atom. The summed E-state index contributed by atoms with van der Waals surface area (Å²) in [6.07, 6.45) is -23.5. The van der Waals surface area contributed by atoms with E-state index in [2.05, 4.69) is 27.7 Å². The lowest BCUT2D eigenvalue weighted by molar-refractivity contribution is -0.391. The molecule has 28 unspecified atom stereocenters. The van der Waals surface area contributed by atoms with Crippen LogP contribution in [0, 0.1) is 45.3 Å². The summed E-state index contributed by atoms with van der Waals surface area (Å²) in [7, 11) is 0. The van der Waals surface area contributed by atoms with Crippen molar-refractivity contribution in [1.82, 2.24) is 0 Å².